The third-order valence-corrected chi connectivity index (χ3v) is 2.08. The highest BCUT2D eigenvalue weighted by Crippen LogP contribution is 2.31. The summed E-state index contributed by atoms with van der Waals surface area (Å²) in [5, 5.41) is 0. The van der Waals surface area contributed by atoms with Crippen LogP contribution >= 0.6 is 0 Å². The molecule has 88 valence electrons. The van der Waals surface area contributed by atoms with Crippen molar-refractivity contribution < 1.29 is 13.2 Å². The topological polar surface area (TPSA) is 15.6 Å². The SMILES string of the molecule is CCN(C)C=Nc1cccc(C(F)(F)F)c1. The van der Waals surface area contributed by atoms with Crippen LogP contribution in [-0.2, 0) is 6.18 Å². The van der Waals surface area contributed by atoms with E-state index in [2.05, 4.69) is 4.99 Å². The van der Waals surface area contributed by atoms with E-state index in [1.807, 2.05) is 6.92 Å². The number of rotatable bonds is 3. The van der Waals surface area contributed by atoms with Crippen LogP contribution in [-0.4, -0.2) is 24.8 Å². The molecular weight excluding hydrogens is 217 g/mol. The fraction of sp³-hybridized carbons (Fsp3) is 0.364. The summed E-state index contributed by atoms with van der Waals surface area (Å²) in [5.74, 6) is 0. The van der Waals surface area contributed by atoms with Crippen LogP contribution in [0, 0.1) is 0 Å². The molecule has 1 aromatic rings. The minimum atomic E-state index is -4.32. The van der Waals surface area contributed by atoms with E-state index in [9.17, 15) is 13.2 Å². The van der Waals surface area contributed by atoms with Crippen molar-refractivity contribution in [3.63, 3.8) is 0 Å². The number of halogens is 3. The fourth-order valence-electron chi connectivity index (χ4n) is 1.01. The number of benzene rings is 1. The van der Waals surface area contributed by atoms with Crippen LogP contribution in [0.3, 0.4) is 0 Å². The Morgan fingerprint density at radius 3 is 2.62 bits per heavy atom. The maximum atomic E-state index is 12.4. The van der Waals surface area contributed by atoms with E-state index in [0.29, 0.717) is 5.69 Å². The van der Waals surface area contributed by atoms with Gasteiger partial charge in [-0.05, 0) is 25.1 Å². The number of hydrogen-bond acceptors (Lipinski definition) is 1. The first-order chi connectivity index (χ1) is 7.43. The molecule has 0 aromatic heterocycles. The summed E-state index contributed by atoms with van der Waals surface area (Å²) in [5.41, 5.74) is -0.378. The third-order valence-electron chi connectivity index (χ3n) is 2.08. The average Bonchev–Trinajstić information content (AvgIpc) is 2.25. The summed E-state index contributed by atoms with van der Waals surface area (Å²) in [6, 6.07) is 4.94. The predicted molar refractivity (Wildman–Crippen MR) is 57.9 cm³/mol. The van der Waals surface area contributed by atoms with Gasteiger partial charge in [-0.25, -0.2) is 4.99 Å². The van der Waals surface area contributed by atoms with E-state index >= 15 is 0 Å². The van der Waals surface area contributed by atoms with Gasteiger partial charge in [-0.3, -0.25) is 0 Å². The minimum Gasteiger partial charge on any atom is -0.366 e. The second kappa shape index (κ2) is 5.01. The van der Waals surface area contributed by atoms with E-state index < -0.39 is 11.7 Å². The largest absolute Gasteiger partial charge is 0.416 e. The molecular formula is C11H13F3N2. The molecule has 0 bridgehead atoms. The van der Waals surface area contributed by atoms with E-state index in [4.69, 9.17) is 0 Å². The first kappa shape index (κ1) is 12.5. The number of aliphatic imine (C=N–C) groups is 1. The van der Waals surface area contributed by atoms with Crippen LogP contribution in [0.4, 0.5) is 18.9 Å². The van der Waals surface area contributed by atoms with Crippen LogP contribution in [0.1, 0.15) is 12.5 Å². The van der Waals surface area contributed by atoms with E-state index in [1.54, 1.807) is 11.9 Å². The van der Waals surface area contributed by atoms with Crippen molar-refractivity contribution in [1.82, 2.24) is 4.90 Å². The normalized spacial score (nSPS) is 12.1. The number of alkyl halides is 3. The molecule has 0 heterocycles. The molecule has 0 aliphatic heterocycles. The van der Waals surface area contributed by atoms with Crippen molar-refractivity contribution in [2.24, 2.45) is 4.99 Å². The maximum absolute atomic E-state index is 12.4. The van der Waals surface area contributed by atoms with Crippen molar-refractivity contribution in [2.45, 2.75) is 13.1 Å². The number of hydrogen-bond donors (Lipinski definition) is 0. The summed E-state index contributed by atoms with van der Waals surface area (Å²) in [7, 11) is 1.80. The summed E-state index contributed by atoms with van der Waals surface area (Å²) >= 11 is 0. The van der Waals surface area contributed by atoms with Gasteiger partial charge in [0, 0.05) is 13.6 Å². The zero-order valence-corrected chi connectivity index (χ0v) is 9.12. The summed E-state index contributed by atoms with van der Waals surface area (Å²) < 4.78 is 37.1. The standard InChI is InChI=1S/C11H13F3N2/c1-3-16(2)8-15-10-6-4-5-9(7-10)11(12,13)14/h4-8H,3H2,1-2H3. The maximum Gasteiger partial charge on any atom is 0.416 e. The van der Waals surface area contributed by atoms with E-state index in [1.165, 1.54) is 18.5 Å². The summed E-state index contributed by atoms with van der Waals surface area (Å²) in [6.07, 6.45) is -2.81. The Balaban J connectivity index is 2.87. The molecule has 0 aliphatic rings. The van der Waals surface area contributed by atoms with Crippen LogP contribution in [0.15, 0.2) is 29.3 Å². The molecule has 0 aliphatic carbocycles. The molecule has 0 unspecified atom stereocenters. The molecule has 0 saturated heterocycles. The average molecular weight is 230 g/mol. The van der Waals surface area contributed by atoms with Gasteiger partial charge >= 0.3 is 6.18 Å². The summed E-state index contributed by atoms with van der Waals surface area (Å²) in [4.78, 5) is 5.73. The van der Waals surface area contributed by atoms with E-state index in [0.717, 1.165) is 18.7 Å². The molecule has 1 aromatic carbocycles. The lowest BCUT2D eigenvalue weighted by Gasteiger charge is -2.09. The van der Waals surface area contributed by atoms with E-state index in [-0.39, 0.29) is 0 Å². The van der Waals surface area contributed by atoms with Crippen molar-refractivity contribution in [3.8, 4) is 0 Å². The van der Waals surface area contributed by atoms with Crippen LogP contribution < -0.4 is 0 Å². The van der Waals surface area contributed by atoms with Gasteiger partial charge in [0.15, 0.2) is 0 Å². The highest BCUT2D eigenvalue weighted by atomic mass is 19.4. The van der Waals surface area contributed by atoms with Gasteiger partial charge in [-0.2, -0.15) is 13.2 Å². The van der Waals surface area contributed by atoms with Crippen molar-refractivity contribution >= 4 is 12.0 Å². The Morgan fingerprint density at radius 1 is 1.38 bits per heavy atom. The molecule has 0 spiro atoms. The number of nitrogens with zero attached hydrogens (tertiary/aromatic N) is 2. The first-order valence-electron chi connectivity index (χ1n) is 4.85. The zero-order chi connectivity index (χ0) is 12.2. The molecule has 0 atom stereocenters. The van der Waals surface area contributed by atoms with Gasteiger partial charge in [-0.1, -0.05) is 6.07 Å². The smallest absolute Gasteiger partial charge is 0.366 e. The van der Waals surface area contributed by atoms with Gasteiger partial charge in [0.05, 0.1) is 17.6 Å². The van der Waals surface area contributed by atoms with Crippen molar-refractivity contribution in [2.75, 3.05) is 13.6 Å². The lowest BCUT2D eigenvalue weighted by molar-refractivity contribution is -0.137. The van der Waals surface area contributed by atoms with Gasteiger partial charge in [0.1, 0.15) is 0 Å². The second-order valence-electron chi connectivity index (χ2n) is 3.37. The lowest BCUT2D eigenvalue weighted by Crippen LogP contribution is -2.14. The molecule has 16 heavy (non-hydrogen) atoms. The molecule has 0 N–H and O–H groups in total. The molecule has 0 saturated carbocycles. The fourth-order valence-corrected chi connectivity index (χ4v) is 1.01. The molecule has 0 amide bonds. The zero-order valence-electron chi connectivity index (χ0n) is 9.12. The van der Waals surface area contributed by atoms with Crippen LogP contribution in [0.5, 0.6) is 0 Å². The van der Waals surface area contributed by atoms with Crippen LogP contribution in [0.2, 0.25) is 0 Å². The Labute approximate surface area is 92.4 Å². The highest BCUT2D eigenvalue weighted by Gasteiger charge is 2.30. The Hall–Kier alpha value is -1.52. The molecule has 0 radical (unpaired) electrons. The van der Waals surface area contributed by atoms with Crippen molar-refractivity contribution in [1.29, 1.82) is 0 Å². The van der Waals surface area contributed by atoms with Gasteiger partial charge in [0.25, 0.3) is 0 Å². The Bertz CT molecular complexity index is 372. The summed E-state index contributed by atoms with van der Waals surface area (Å²) in [6.45, 7) is 2.68. The first-order valence-corrected chi connectivity index (χ1v) is 4.85. The van der Waals surface area contributed by atoms with Gasteiger partial charge in [0.2, 0.25) is 0 Å². The lowest BCUT2D eigenvalue weighted by atomic mass is 10.2. The monoisotopic (exact) mass is 230 g/mol. The quantitative estimate of drug-likeness (QED) is 0.574. The minimum absolute atomic E-state index is 0.301. The molecule has 1 rings (SSSR count). The molecule has 5 heteroatoms. The highest BCUT2D eigenvalue weighted by molar-refractivity contribution is 5.61. The van der Waals surface area contributed by atoms with Gasteiger partial charge < -0.3 is 4.90 Å². The Kier molecular flexibility index (Phi) is 3.93. The molecule has 0 fully saturated rings. The second-order valence-corrected chi connectivity index (χ2v) is 3.37. The third kappa shape index (κ3) is 3.56. The van der Waals surface area contributed by atoms with Crippen LogP contribution in [0.25, 0.3) is 0 Å². The van der Waals surface area contributed by atoms with Crippen molar-refractivity contribution in [3.05, 3.63) is 29.8 Å². The van der Waals surface area contributed by atoms with Gasteiger partial charge in [-0.15, -0.1) is 0 Å². The predicted octanol–water partition coefficient (Wildman–Crippen LogP) is 3.32. The Morgan fingerprint density at radius 2 is 2.06 bits per heavy atom. The molecule has 2 nitrogen and oxygen atoms in total.